The van der Waals surface area contributed by atoms with Crippen LogP contribution in [0.5, 0.6) is 0 Å². The molecule has 0 atom stereocenters. The number of hydrogen-bond acceptors (Lipinski definition) is 3. The number of hydrogen-bond donors (Lipinski definition) is 0. The van der Waals surface area contributed by atoms with Gasteiger partial charge in [-0.2, -0.15) is 8.42 Å². The van der Waals surface area contributed by atoms with Gasteiger partial charge < -0.3 is 0 Å². The topological polar surface area (TPSA) is 47.0 Å². The summed E-state index contributed by atoms with van der Waals surface area (Å²) < 4.78 is 33.2. The Balaban J connectivity index is 3.37. The summed E-state index contributed by atoms with van der Waals surface area (Å²) in [5.41, 5.74) is 1.17. The first-order valence-electron chi connectivity index (χ1n) is 3.29. The number of pyridine rings is 1. The fourth-order valence-electron chi connectivity index (χ4n) is 0.929. The molecule has 1 rings (SSSR count). The standard InChI is InChI=1S/C7H8FNO2S/c1-5-3-6(2)9-7(4-5)12(8,10)11/h3-4H,1-2H3. The molecular formula is C7H8FNO2S. The molecule has 5 heteroatoms. The minimum Gasteiger partial charge on any atom is -0.239 e. The molecule has 1 heterocycles. The molecule has 0 bridgehead atoms. The van der Waals surface area contributed by atoms with Crippen molar-refractivity contribution in [2.75, 3.05) is 0 Å². The van der Waals surface area contributed by atoms with Crippen molar-refractivity contribution in [2.24, 2.45) is 0 Å². The van der Waals surface area contributed by atoms with Crippen LogP contribution in [0.1, 0.15) is 11.3 Å². The quantitative estimate of drug-likeness (QED) is 0.626. The average molecular weight is 189 g/mol. The number of rotatable bonds is 1. The van der Waals surface area contributed by atoms with Gasteiger partial charge in [-0.05, 0) is 31.5 Å². The maximum atomic E-state index is 12.4. The minimum absolute atomic E-state index is 0.492. The van der Waals surface area contributed by atoms with Crippen LogP contribution in [0.25, 0.3) is 0 Å². The van der Waals surface area contributed by atoms with Crippen LogP contribution < -0.4 is 0 Å². The normalized spacial score (nSPS) is 11.6. The largest absolute Gasteiger partial charge is 0.349 e. The molecule has 0 radical (unpaired) electrons. The van der Waals surface area contributed by atoms with E-state index in [2.05, 4.69) is 4.98 Å². The molecule has 3 nitrogen and oxygen atoms in total. The molecule has 1 aromatic heterocycles. The Hall–Kier alpha value is -0.970. The first-order chi connectivity index (χ1) is 5.39. The average Bonchev–Trinajstić information content (AvgIpc) is 1.82. The summed E-state index contributed by atoms with van der Waals surface area (Å²) >= 11 is 0. The Morgan fingerprint density at radius 2 is 1.92 bits per heavy atom. The van der Waals surface area contributed by atoms with E-state index in [1.54, 1.807) is 19.9 Å². The summed E-state index contributed by atoms with van der Waals surface area (Å²) in [5.74, 6) is 0. The molecule has 0 spiro atoms. The van der Waals surface area contributed by atoms with Crippen molar-refractivity contribution in [1.29, 1.82) is 0 Å². The van der Waals surface area contributed by atoms with Crippen LogP contribution in [-0.2, 0) is 10.2 Å². The van der Waals surface area contributed by atoms with Crippen LogP contribution in [-0.4, -0.2) is 13.4 Å². The minimum atomic E-state index is -4.66. The van der Waals surface area contributed by atoms with Crippen LogP contribution in [0.15, 0.2) is 17.2 Å². The van der Waals surface area contributed by atoms with E-state index in [4.69, 9.17) is 0 Å². The number of aromatic nitrogens is 1. The summed E-state index contributed by atoms with van der Waals surface area (Å²) in [7, 11) is -4.66. The van der Waals surface area contributed by atoms with Gasteiger partial charge in [0, 0.05) is 5.69 Å². The van der Waals surface area contributed by atoms with Crippen molar-refractivity contribution in [2.45, 2.75) is 18.9 Å². The van der Waals surface area contributed by atoms with Gasteiger partial charge >= 0.3 is 10.2 Å². The van der Waals surface area contributed by atoms with Gasteiger partial charge in [0.05, 0.1) is 0 Å². The predicted octanol–water partition coefficient (Wildman–Crippen LogP) is 1.36. The van der Waals surface area contributed by atoms with Crippen LogP contribution in [0, 0.1) is 13.8 Å². The highest BCUT2D eigenvalue weighted by molar-refractivity contribution is 7.86. The highest BCUT2D eigenvalue weighted by atomic mass is 32.3. The van der Waals surface area contributed by atoms with Gasteiger partial charge in [0.2, 0.25) is 0 Å². The van der Waals surface area contributed by atoms with Gasteiger partial charge in [-0.3, -0.25) is 0 Å². The highest BCUT2D eigenvalue weighted by Crippen LogP contribution is 2.11. The Morgan fingerprint density at radius 3 is 2.33 bits per heavy atom. The molecule has 66 valence electrons. The third kappa shape index (κ3) is 2.01. The van der Waals surface area contributed by atoms with Gasteiger partial charge in [-0.15, -0.1) is 0 Å². The molecule has 0 aromatic carbocycles. The maximum absolute atomic E-state index is 12.4. The first-order valence-corrected chi connectivity index (χ1v) is 4.68. The molecule has 0 aliphatic rings. The van der Waals surface area contributed by atoms with Gasteiger partial charge in [-0.1, -0.05) is 3.89 Å². The zero-order valence-electron chi connectivity index (χ0n) is 6.70. The first kappa shape index (κ1) is 9.12. The molecule has 0 aliphatic carbocycles. The van der Waals surface area contributed by atoms with Gasteiger partial charge in [0.15, 0.2) is 5.03 Å². The smallest absolute Gasteiger partial charge is 0.239 e. The molecular weight excluding hydrogens is 181 g/mol. The Labute approximate surface area is 70.5 Å². The van der Waals surface area contributed by atoms with E-state index in [9.17, 15) is 12.3 Å². The molecule has 0 saturated heterocycles. The molecule has 1 aromatic rings. The number of nitrogens with zero attached hydrogens (tertiary/aromatic N) is 1. The van der Waals surface area contributed by atoms with E-state index < -0.39 is 15.2 Å². The highest BCUT2D eigenvalue weighted by Gasteiger charge is 2.13. The molecule has 0 N–H and O–H groups in total. The Morgan fingerprint density at radius 1 is 1.33 bits per heavy atom. The van der Waals surface area contributed by atoms with E-state index in [1.165, 1.54) is 6.07 Å². The molecule has 0 aliphatic heterocycles. The van der Waals surface area contributed by atoms with Gasteiger partial charge in [-0.25, -0.2) is 4.98 Å². The lowest BCUT2D eigenvalue weighted by molar-refractivity contribution is 0.547. The lowest BCUT2D eigenvalue weighted by atomic mass is 10.3. The maximum Gasteiger partial charge on any atom is 0.349 e. The SMILES string of the molecule is Cc1cc(C)nc(S(=O)(=O)F)c1. The summed E-state index contributed by atoms with van der Waals surface area (Å²) in [6.45, 7) is 3.30. The molecule has 0 unspecified atom stereocenters. The third-order valence-electron chi connectivity index (χ3n) is 1.32. The lowest BCUT2D eigenvalue weighted by Gasteiger charge is -1.98. The van der Waals surface area contributed by atoms with E-state index in [0.717, 1.165) is 0 Å². The van der Waals surface area contributed by atoms with Crippen LogP contribution >= 0.6 is 0 Å². The monoisotopic (exact) mass is 189 g/mol. The van der Waals surface area contributed by atoms with Crippen LogP contribution in [0.4, 0.5) is 3.89 Å². The Bertz CT molecular complexity index is 380. The molecule has 0 amide bonds. The van der Waals surface area contributed by atoms with E-state index >= 15 is 0 Å². The molecule has 0 saturated carbocycles. The second kappa shape index (κ2) is 2.82. The van der Waals surface area contributed by atoms with E-state index in [0.29, 0.717) is 11.3 Å². The fraction of sp³-hybridized carbons (Fsp3) is 0.286. The lowest BCUT2D eigenvalue weighted by Crippen LogP contribution is -1.98. The van der Waals surface area contributed by atoms with Crippen LogP contribution in [0.2, 0.25) is 0 Å². The van der Waals surface area contributed by atoms with Crippen LogP contribution in [0.3, 0.4) is 0 Å². The van der Waals surface area contributed by atoms with E-state index in [1.807, 2.05) is 0 Å². The number of aryl methyl sites for hydroxylation is 2. The number of halogens is 1. The Kier molecular flexibility index (Phi) is 2.14. The van der Waals surface area contributed by atoms with Crippen molar-refractivity contribution >= 4 is 10.2 Å². The third-order valence-corrected chi connectivity index (χ3v) is 2.03. The zero-order valence-corrected chi connectivity index (χ0v) is 7.52. The molecule has 0 fully saturated rings. The molecule has 12 heavy (non-hydrogen) atoms. The second-order valence-corrected chi connectivity index (χ2v) is 3.86. The summed E-state index contributed by atoms with van der Waals surface area (Å²) in [6.07, 6.45) is 0. The fourth-order valence-corrected chi connectivity index (χ4v) is 1.51. The zero-order chi connectivity index (χ0) is 9.35. The summed E-state index contributed by atoms with van der Waals surface area (Å²) in [5, 5.41) is -0.514. The van der Waals surface area contributed by atoms with Crippen molar-refractivity contribution < 1.29 is 12.3 Å². The van der Waals surface area contributed by atoms with Crippen molar-refractivity contribution in [3.05, 3.63) is 23.4 Å². The summed E-state index contributed by atoms with van der Waals surface area (Å²) in [6, 6.07) is 2.87. The van der Waals surface area contributed by atoms with Gasteiger partial charge in [0.25, 0.3) is 0 Å². The van der Waals surface area contributed by atoms with Crippen molar-refractivity contribution in [3.63, 3.8) is 0 Å². The summed E-state index contributed by atoms with van der Waals surface area (Å²) in [4.78, 5) is 3.54. The van der Waals surface area contributed by atoms with Crippen molar-refractivity contribution in [3.8, 4) is 0 Å². The van der Waals surface area contributed by atoms with E-state index in [-0.39, 0.29) is 0 Å². The van der Waals surface area contributed by atoms with Gasteiger partial charge in [0.1, 0.15) is 0 Å². The predicted molar refractivity (Wildman–Crippen MR) is 42.0 cm³/mol. The van der Waals surface area contributed by atoms with Crippen molar-refractivity contribution in [1.82, 2.24) is 4.98 Å². The second-order valence-electron chi connectivity index (χ2n) is 2.56.